The third-order valence-electron chi connectivity index (χ3n) is 4.24. The van der Waals surface area contributed by atoms with Crippen LogP contribution in [0.3, 0.4) is 0 Å². The summed E-state index contributed by atoms with van der Waals surface area (Å²) in [5, 5.41) is 6.77. The minimum atomic E-state index is 0.571. The van der Waals surface area contributed by atoms with Crippen molar-refractivity contribution >= 4 is 17.7 Å². The topological polar surface area (TPSA) is 39.7 Å². The molecule has 1 aliphatic carbocycles. The normalized spacial score (nSPS) is 18.8. The van der Waals surface area contributed by atoms with E-state index in [0.717, 1.165) is 37.3 Å². The summed E-state index contributed by atoms with van der Waals surface area (Å²) in [4.78, 5) is 7.19. The first-order valence-corrected chi connectivity index (χ1v) is 9.76. The number of nitrogens with one attached hydrogen (secondary N) is 2. The van der Waals surface area contributed by atoms with Crippen LogP contribution in [-0.2, 0) is 0 Å². The van der Waals surface area contributed by atoms with Gasteiger partial charge in [0.1, 0.15) is 0 Å². The minimum absolute atomic E-state index is 0.571. The highest BCUT2D eigenvalue weighted by Crippen LogP contribution is 2.28. The molecule has 0 spiro atoms. The molecule has 0 aromatic heterocycles. The molecule has 0 aromatic rings. The molecule has 124 valence electrons. The summed E-state index contributed by atoms with van der Waals surface area (Å²) in [5.74, 6) is 2.89. The van der Waals surface area contributed by atoms with Gasteiger partial charge in [-0.3, -0.25) is 4.99 Å². The molecule has 0 amide bonds. The number of hydrogen-bond donors (Lipinski definition) is 2. The average Bonchev–Trinajstić information content (AvgIpc) is 2.48. The van der Waals surface area contributed by atoms with Gasteiger partial charge in [0.25, 0.3) is 0 Å². The molecule has 0 heterocycles. The van der Waals surface area contributed by atoms with Crippen LogP contribution in [-0.4, -0.2) is 62.6 Å². The molecule has 5 heteroatoms. The number of guanidine groups is 1. The molecular formula is C16H34N4S. The fourth-order valence-corrected chi connectivity index (χ4v) is 3.36. The first-order chi connectivity index (χ1) is 10.2. The first kappa shape index (κ1) is 18.6. The SMILES string of the molecule is CCNC(=NCC(C1CCCCC1)N(C)C)NCCSC. The van der Waals surface area contributed by atoms with Gasteiger partial charge in [-0.15, -0.1) is 0 Å². The Hall–Kier alpha value is -0.420. The maximum absolute atomic E-state index is 4.83. The lowest BCUT2D eigenvalue weighted by atomic mass is 9.83. The molecule has 1 aliphatic rings. The molecule has 0 radical (unpaired) electrons. The largest absolute Gasteiger partial charge is 0.357 e. The zero-order valence-corrected chi connectivity index (χ0v) is 15.1. The maximum Gasteiger partial charge on any atom is 0.191 e. The number of rotatable bonds is 8. The molecule has 1 saturated carbocycles. The highest BCUT2D eigenvalue weighted by Gasteiger charge is 2.25. The second-order valence-corrected chi connectivity index (χ2v) is 7.05. The molecule has 0 bridgehead atoms. The van der Waals surface area contributed by atoms with Crippen LogP contribution in [0.5, 0.6) is 0 Å². The zero-order valence-electron chi connectivity index (χ0n) is 14.3. The van der Waals surface area contributed by atoms with Gasteiger partial charge in [0.15, 0.2) is 5.96 Å². The monoisotopic (exact) mass is 314 g/mol. The second-order valence-electron chi connectivity index (χ2n) is 6.07. The lowest BCUT2D eigenvalue weighted by Crippen LogP contribution is -2.42. The van der Waals surface area contributed by atoms with E-state index in [1.165, 1.54) is 32.1 Å². The van der Waals surface area contributed by atoms with E-state index in [2.05, 4.69) is 42.8 Å². The highest BCUT2D eigenvalue weighted by atomic mass is 32.2. The van der Waals surface area contributed by atoms with E-state index in [4.69, 9.17) is 4.99 Å². The van der Waals surface area contributed by atoms with E-state index >= 15 is 0 Å². The molecule has 0 aromatic carbocycles. The first-order valence-electron chi connectivity index (χ1n) is 8.36. The maximum atomic E-state index is 4.83. The Bertz CT molecular complexity index is 288. The average molecular weight is 315 g/mol. The third-order valence-corrected chi connectivity index (χ3v) is 4.85. The van der Waals surface area contributed by atoms with Crippen LogP contribution in [0.15, 0.2) is 4.99 Å². The lowest BCUT2D eigenvalue weighted by Gasteiger charge is -2.34. The predicted octanol–water partition coefficient (Wildman–Crippen LogP) is 2.42. The van der Waals surface area contributed by atoms with Crippen molar-refractivity contribution in [1.82, 2.24) is 15.5 Å². The lowest BCUT2D eigenvalue weighted by molar-refractivity contribution is 0.176. The summed E-state index contributed by atoms with van der Waals surface area (Å²) < 4.78 is 0. The van der Waals surface area contributed by atoms with E-state index in [1.807, 2.05) is 11.8 Å². The quantitative estimate of drug-likeness (QED) is 0.410. The number of nitrogens with zero attached hydrogens (tertiary/aromatic N) is 2. The van der Waals surface area contributed by atoms with Crippen LogP contribution >= 0.6 is 11.8 Å². The fourth-order valence-electron chi connectivity index (χ4n) is 3.05. The molecule has 1 fully saturated rings. The molecule has 1 unspecified atom stereocenters. The standard InChI is InChI=1S/C16H34N4S/c1-5-17-16(18-11-12-21-4)19-13-15(20(2)3)14-9-7-6-8-10-14/h14-15H,5-13H2,1-4H3,(H2,17,18,19). The van der Waals surface area contributed by atoms with E-state index in [-0.39, 0.29) is 0 Å². The van der Waals surface area contributed by atoms with Crippen molar-refractivity contribution in [2.24, 2.45) is 10.9 Å². The summed E-state index contributed by atoms with van der Waals surface area (Å²) >= 11 is 1.86. The Balaban J connectivity index is 2.55. The van der Waals surface area contributed by atoms with Crippen molar-refractivity contribution < 1.29 is 0 Å². The number of aliphatic imine (C=N–C) groups is 1. The molecule has 1 rings (SSSR count). The van der Waals surface area contributed by atoms with Crippen molar-refractivity contribution in [3.8, 4) is 0 Å². The Morgan fingerprint density at radius 3 is 2.52 bits per heavy atom. The molecule has 0 aliphatic heterocycles. The van der Waals surface area contributed by atoms with Gasteiger partial charge in [-0.25, -0.2) is 0 Å². The highest BCUT2D eigenvalue weighted by molar-refractivity contribution is 7.98. The van der Waals surface area contributed by atoms with Crippen molar-refractivity contribution in [3.63, 3.8) is 0 Å². The van der Waals surface area contributed by atoms with Crippen LogP contribution in [0.2, 0.25) is 0 Å². The van der Waals surface area contributed by atoms with Crippen molar-refractivity contribution in [1.29, 1.82) is 0 Å². The van der Waals surface area contributed by atoms with Gasteiger partial charge in [0.2, 0.25) is 0 Å². The van der Waals surface area contributed by atoms with Crippen LogP contribution in [0, 0.1) is 5.92 Å². The fraction of sp³-hybridized carbons (Fsp3) is 0.938. The Morgan fingerprint density at radius 2 is 1.95 bits per heavy atom. The number of thioether (sulfide) groups is 1. The molecule has 1 atom stereocenters. The molecule has 2 N–H and O–H groups in total. The summed E-state index contributed by atoms with van der Waals surface area (Å²) in [7, 11) is 4.39. The molecule has 21 heavy (non-hydrogen) atoms. The van der Waals surface area contributed by atoms with Gasteiger partial charge in [-0.05, 0) is 46.0 Å². The van der Waals surface area contributed by atoms with E-state index in [9.17, 15) is 0 Å². The van der Waals surface area contributed by atoms with E-state index in [1.54, 1.807) is 0 Å². The summed E-state index contributed by atoms with van der Waals surface area (Å²) in [6, 6.07) is 0.571. The van der Waals surface area contributed by atoms with Crippen molar-refractivity contribution in [2.75, 3.05) is 45.7 Å². The van der Waals surface area contributed by atoms with Gasteiger partial charge in [0, 0.05) is 24.9 Å². The number of hydrogen-bond acceptors (Lipinski definition) is 3. The van der Waals surface area contributed by atoms with Gasteiger partial charge < -0.3 is 15.5 Å². The van der Waals surface area contributed by atoms with Crippen molar-refractivity contribution in [2.45, 2.75) is 45.1 Å². The van der Waals surface area contributed by atoms with E-state index in [0.29, 0.717) is 6.04 Å². The Kier molecular flexibility index (Phi) is 9.92. The van der Waals surface area contributed by atoms with Gasteiger partial charge in [-0.1, -0.05) is 19.3 Å². The van der Waals surface area contributed by atoms with Crippen LogP contribution in [0.1, 0.15) is 39.0 Å². The molecule has 0 saturated heterocycles. The summed E-state index contributed by atoms with van der Waals surface area (Å²) in [6.45, 7) is 4.91. The van der Waals surface area contributed by atoms with Crippen molar-refractivity contribution in [3.05, 3.63) is 0 Å². The predicted molar refractivity (Wildman–Crippen MR) is 96.4 cm³/mol. The Labute approximate surface area is 135 Å². The second kappa shape index (κ2) is 11.2. The van der Waals surface area contributed by atoms with Gasteiger partial charge in [0.05, 0.1) is 6.54 Å². The van der Waals surface area contributed by atoms with Gasteiger partial charge >= 0.3 is 0 Å². The minimum Gasteiger partial charge on any atom is -0.357 e. The van der Waals surface area contributed by atoms with Crippen LogP contribution in [0.25, 0.3) is 0 Å². The van der Waals surface area contributed by atoms with Crippen LogP contribution in [0.4, 0.5) is 0 Å². The summed E-state index contributed by atoms with van der Waals surface area (Å²) in [5.41, 5.74) is 0. The van der Waals surface area contributed by atoms with Gasteiger partial charge in [-0.2, -0.15) is 11.8 Å². The zero-order chi connectivity index (χ0) is 15.5. The third kappa shape index (κ3) is 7.41. The van der Waals surface area contributed by atoms with E-state index < -0.39 is 0 Å². The Morgan fingerprint density at radius 1 is 1.24 bits per heavy atom. The smallest absolute Gasteiger partial charge is 0.191 e. The molecular weight excluding hydrogens is 280 g/mol. The van der Waals surface area contributed by atoms with Crippen LogP contribution < -0.4 is 10.6 Å². The molecule has 4 nitrogen and oxygen atoms in total. The summed E-state index contributed by atoms with van der Waals surface area (Å²) in [6.07, 6.45) is 9.08. The number of likely N-dealkylation sites (N-methyl/N-ethyl adjacent to an activating group) is 1.